The van der Waals surface area contributed by atoms with Crippen LogP contribution in [-0.4, -0.2) is 31.3 Å². The topological polar surface area (TPSA) is 92.4 Å². The molecular formula is C9H11IN2O4. The zero-order valence-corrected chi connectivity index (χ0v) is 10.9. The van der Waals surface area contributed by atoms with Crippen molar-refractivity contribution in [2.75, 3.05) is 0 Å². The normalized spacial score (nSPS) is 14.5. The fourth-order valence-electron chi connectivity index (χ4n) is 1.11. The van der Waals surface area contributed by atoms with Crippen molar-refractivity contribution in [3.8, 4) is 0 Å². The highest BCUT2D eigenvalue weighted by atomic mass is 127. The summed E-state index contributed by atoms with van der Waals surface area (Å²) in [5.41, 5.74) is -2.34. The molecule has 0 aliphatic rings. The fraction of sp³-hybridized carbons (Fsp3) is 0.444. The minimum Gasteiger partial charge on any atom is -0.479 e. The molecule has 0 radical (unpaired) electrons. The minimum absolute atomic E-state index is 0.323. The molecule has 0 aliphatic carbocycles. The number of aliphatic carboxylic acids is 1. The van der Waals surface area contributed by atoms with Crippen LogP contribution in [-0.2, 0) is 11.3 Å². The number of rotatable bonds is 3. The van der Waals surface area contributed by atoms with E-state index >= 15 is 0 Å². The molecule has 0 spiro atoms. The lowest BCUT2D eigenvalue weighted by Gasteiger charge is -2.20. The van der Waals surface area contributed by atoms with Gasteiger partial charge in [0.25, 0.3) is 5.56 Å². The Morgan fingerprint density at radius 2 is 2.25 bits per heavy atom. The highest BCUT2D eigenvalue weighted by molar-refractivity contribution is 14.1. The number of carboxylic acid groups (broad SMARTS) is 1. The van der Waals surface area contributed by atoms with Gasteiger partial charge in [0.1, 0.15) is 5.82 Å². The number of carbonyl (C=O) groups is 1. The summed E-state index contributed by atoms with van der Waals surface area (Å²) < 4.78 is 1.53. The Labute approximate surface area is 105 Å². The third kappa shape index (κ3) is 2.59. The maximum Gasteiger partial charge on any atom is 0.337 e. The largest absolute Gasteiger partial charge is 0.479 e. The Bertz CT molecular complexity index is 481. The van der Waals surface area contributed by atoms with Crippen molar-refractivity contribution in [2.45, 2.75) is 26.0 Å². The van der Waals surface area contributed by atoms with Crippen molar-refractivity contribution in [3.05, 3.63) is 25.9 Å². The highest BCUT2D eigenvalue weighted by Crippen LogP contribution is 2.08. The van der Waals surface area contributed by atoms with Gasteiger partial charge in [0, 0.05) is 6.20 Å². The maximum absolute atomic E-state index is 11.7. The van der Waals surface area contributed by atoms with Crippen molar-refractivity contribution in [1.82, 2.24) is 9.55 Å². The second-order valence-corrected chi connectivity index (χ2v) is 4.79. The number of aryl methyl sites for hydroxylation is 1. The lowest BCUT2D eigenvalue weighted by atomic mass is 10.1. The standard InChI is InChI=1S/C9H11IN2O4/c1-5-11-3-6(10)7(13)12(5)4-9(2,16)8(14)15/h3,16H,4H2,1-2H3,(H,14,15). The molecule has 1 aromatic heterocycles. The number of hydrogen-bond acceptors (Lipinski definition) is 4. The molecule has 6 nitrogen and oxygen atoms in total. The van der Waals surface area contributed by atoms with Crippen molar-refractivity contribution in [1.29, 1.82) is 0 Å². The number of halogens is 1. The second kappa shape index (κ2) is 4.50. The zero-order valence-electron chi connectivity index (χ0n) is 8.77. The van der Waals surface area contributed by atoms with Gasteiger partial charge in [-0.15, -0.1) is 0 Å². The van der Waals surface area contributed by atoms with Crippen LogP contribution in [0.3, 0.4) is 0 Å². The average Bonchev–Trinajstić information content (AvgIpc) is 2.18. The number of aromatic nitrogens is 2. The number of nitrogens with zero attached hydrogens (tertiary/aromatic N) is 2. The van der Waals surface area contributed by atoms with E-state index < -0.39 is 11.6 Å². The fourth-order valence-corrected chi connectivity index (χ4v) is 1.54. The van der Waals surface area contributed by atoms with E-state index in [9.17, 15) is 14.7 Å². The molecule has 0 saturated heterocycles. The summed E-state index contributed by atoms with van der Waals surface area (Å²) in [6, 6.07) is 0. The molecule has 1 aromatic rings. The summed E-state index contributed by atoms with van der Waals surface area (Å²) in [5, 5.41) is 18.4. The lowest BCUT2D eigenvalue weighted by molar-refractivity contribution is -0.158. The van der Waals surface area contributed by atoms with E-state index in [0.29, 0.717) is 9.39 Å². The van der Waals surface area contributed by atoms with E-state index in [-0.39, 0.29) is 12.1 Å². The van der Waals surface area contributed by atoms with Gasteiger partial charge < -0.3 is 10.2 Å². The van der Waals surface area contributed by atoms with Crippen LogP contribution < -0.4 is 5.56 Å². The maximum atomic E-state index is 11.7. The van der Waals surface area contributed by atoms with Crippen LogP contribution in [0.1, 0.15) is 12.7 Å². The lowest BCUT2D eigenvalue weighted by Crippen LogP contribution is -2.43. The molecular weight excluding hydrogens is 327 g/mol. The zero-order chi connectivity index (χ0) is 12.5. The van der Waals surface area contributed by atoms with Crippen molar-refractivity contribution >= 4 is 28.6 Å². The van der Waals surface area contributed by atoms with Crippen LogP contribution in [0.25, 0.3) is 0 Å². The summed E-state index contributed by atoms with van der Waals surface area (Å²) in [7, 11) is 0. The predicted octanol–water partition coefficient (Wildman–Crippen LogP) is -0.00808. The Kier molecular flexibility index (Phi) is 3.68. The van der Waals surface area contributed by atoms with Gasteiger partial charge in [0.05, 0.1) is 10.1 Å². The number of carboxylic acids is 1. The van der Waals surface area contributed by atoms with E-state index in [1.165, 1.54) is 6.20 Å². The summed E-state index contributed by atoms with van der Waals surface area (Å²) in [6.07, 6.45) is 1.41. The van der Waals surface area contributed by atoms with E-state index in [0.717, 1.165) is 11.5 Å². The molecule has 16 heavy (non-hydrogen) atoms. The van der Waals surface area contributed by atoms with Crippen LogP contribution in [0, 0.1) is 10.5 Å². The molecule has 0 aromatic carbocycles. The number of hydrogen-bond donors (Lipinski definition) is 2. The van der Waals surface area contributed by atoms with Gasteiger partial charge in [-0.25, -0.2) is 9.78 Å². The van der Waals surface area contributed by atoms with Crippen LogP contribution in [0.5, 0.6) is 0 Å². The Morgan fingerprint density at radius 1 is 1.69 bits per heavy atom. The summed E-state index contributed by atoms with van der Waals surface area (Å²) >= 11 is 1.81. The second-order valence-electron chi connectivity index (χ2n) is 3.62. The monoisotopic (exact) mass is 338 g/mol. The third-order valence-electron chi connectivity index (χ3n) is 2.13. The predicted molar refractivity (Wildman–Crippen MR) is 64.2 cm³/mol. The van der Waals surface area contributed by atoms with Gasteiger partial charge in [-0.2, -0.15) is 0 Å². The first-order valence-electron chi connectivity index (χ1n) is 4.43. The van der Waals surface area contributed by atoms with Crippen LogP contribution in [0.4, 0.5) is 0 Å². The molecule has 1 atom stereocenters. The smallest absolute Gasteiger partial charge is 0.337 e. The Balaban J connectivity index is 3.21. The molecule has 1 rings (SSSR count). The molecule has 7 heteroatoms. The molecule has 0 fully saturated rings. The van der Waals surface area contributed by atoms with E-state index in [2.05, 4.69) is 4.98 Å². The van der Waals surface area contributed by atoms with E-state index in [4.69, 9.17) is 5.11 Å². The SMILES string of the molecule is Cc1ncc(I)c(=O)n1CC(C)(O)C(=O)O. The molecule has 0 bridgehead atoms. The van der Waals surface area contributed by atoms with Gasteiger partial charge in [0.15, 0.2) is 5.60 Å². The van der Waals surface area contributed by atoms with Crippen molar-refractivity contribution < 1.29 is 15.0 Å². The molecule has 0 aliphatic heterocycles. The van der Waals surface area contributed by atoms with Gasteiger partial charge in [-0.05, 0) is 36.4 Å². The Hall–Kier alpha value is -0.960. The summed E-state index contributed by atoms with van der Waals surface area (Å²) in [5.74, 6) is -1.01. The minimum atomic E-state index is -1.99. The highest BCUT2D eigenvalue weighted by Gasteiger charge is 2.31. The van der Waals surface area contributed by atoms with Gasteiger partial charge in [0.2, 0.25) is 0 Å². The average molecular weight is 338 g/mol. The summed E-state index contributed by atoms with van der Waals surface area (Å²) in [6.45, 7) is 2.40. The molecule has 1 unspecified atom stereocenters. The number of aliphatic hydroxyl groups is 1. The van der Waals surface area contributed by atoms with Crippen LogP contribution in [0.15, 0.2) is 11.0 Å². The van der Waals surface area contributed by atoms with E-state index in [1.807, 2.05) is 22.6 Å². The summed E-state index contributed by atoms with van der Waals surface area (Å²) in [4.78, 5) is 26.4. The first-order chi connectivity index (χ1) is 7.25. The third-order valence-corrected chi connectivity index (χ3v) is 2.87. The molecule has 1 heterocycles. The van der Waals surface area contributed by atoms with Crippen molar-refractivity contribution in [3.63, 3.8) is 0 Å². The molecule has 0 amide bonds. The quantitative estimate of drug-likeness (QED) is 0.757. The van der Waals surface area contributed by atoms with Crippen molar-refractivity contribution in [2.24, 2.45) is 0 Å². The first kappa shape index (κ1) is 13.1. The Morgan fingerprint density at radius 3 is 2.75 bits per heavy atom. The van der Waals surface area contributed by atoms with Gasteiger partial charge in [-0.3, -0.25) is 9.36 Å². The van der Waals surface area contributed by atoms with Crippen LogP contribution >= 0.6 is 22.6 Å². The van der Waals surface area contributed by atoms with Gasteiger partial charge >= 0.3 is 5.97 Å². The molecule has 88 valence electrons. The van der Waals surface area contributed by atoms with Gasteiger partial charge in [-0.1, -0.05) is 0 Å². The van der Waals surface area contributed by atoms with Crippen LogP contribution in [0.2, 0.25) is 0 Å². The van der Waals surface area contributed by atoms with E-state index in [1.54, 1.807) is 6.92 Å². The molecule has 2 N–H and O–H groups in total. The first-order valence-corrected chi connectivity index (χ1v) is 5.51. The molecule has 0 saturated carbocycles.